The molecule has 0 aliphatic carbocycles. The second kappa shape index (κ2) is 11.4. The lowest BCUT2D eigenvalue weighted by Crippen LogP contribution is -2.41. The first kappa shape index (κ1) is 24.3. The molecule has 1 aliphatic heterocycles. The second-order valence-corrected chi connectivity index (χ2v) is 9.57. The molecule has 1 N–H and O–H groups in total. The monoisotopic (exact) mass is 438 g/mol. The fourth-order valence-electron chi connectivity index (χ4n) is 3.55. The van der Waals surface area contributed by atoms with Gasteiger partial charge >= 0.3 is 0 Å². The maximum Gasteiger partial charge on any atom is 0.243 e. The number of nitrogens with zero attached hydrogens (tertiary/aromatic N) is 3. The smallest absolute Gasteiger partial charge is 0.243 e. The maximum absolute atomic E-state index is 12.8. The summed E-state index contributed by atoms with van der Waals surface area (Å²) >= 11 is 0. The SMILES string of the molecule is CCN(CC)C(=O)CN(C)CC(=O)Nc1ccc(S(=O)(=O)N2CCCCCC2)cc1. The van der Waals surface area contributed by atoms with Gasteiger partial charge in [0.25, 0.3) is 0 Å². The molecule has 0 bridgehead atoms. The Balaban J connectivity index is 1.91. The van der Waals surface area contributed by atoms with Crippen LogP contribution < -0.4 is 5.32 Å². The molecule has 1 saturated heterocycles. The summed E-state index contributed by atoms with van der Waals surface area (Å²) in [5.74, 6) is -0.272. The third-order valence-corrected chi connectivity index (χ3v) is 7.19. The fourth-order valence-corrected chi connectivity index (χ4v) is 5.07. The maximum atomic E-state index is 12.8. The van der Waals surface area contributed by atoms with Gasteiger partial charge in [-0.1, -0.05) is 12.8 Å². The zero-order valence-electron chi connectivity index (χ0n) is 18.3. The number of hydrogen-bond donors (Lipinski definition) is 1. The Morgan fingerprint density at radius 1 is 0.967 bits per heavy atom. The number of likely N-dealkylation sites (N-methyl/N-ethyl adjacent to an activating group) is 2. The number of carbonyl (C=O) groups is 2. The van der Waals surface area contributed by atoms with Crippen molar-refractivity contribution in [3.05, 3.63) is 24.3 Å². The highest BCUT2D eigenvalue weighted by atomic mass is 32.2. The van der Waals surface area contributed by atoms with E-state index < -0.39 is 10.0 Å². The number of anilines is 1. The topological polar surface area (TPSA) is 90.0 Å². The Morgan fingerprint density at radius 2 is 1.53 bits per heavy atom. The Hall–Kier alpha value is -1.97. The number of benzene rings is 1. The zero-order chi connectivity index (χ0) is 22.1. The van der Waals surface area contributed by atoms with Crippen LogP contribution in [0.1, 0.15) is 39.5 Å². The predicted molar refractivity (Wildman–Crippen MR) is 118 cm³/mol. The van der Waals surface area contributed by atoms with Crippen LogP contribution in [0, 0.1) is 0 Å². The lowest BCUT2D eigenvalue weighted by molar-refractivity contribution is -0.132. The Morgan fingerprint density at radius 3 is 2.07 bits per heavy atom. The average molecular weight is 439 g/mol. The molecule has 30 heavy (non-hydrogen) atoms. The minimum absolute atomic E-state index is 0.0154. The molecule has 0 radical (unpaired) electrons. The summed E-state index contributed by atoms with van der Waals surface area (Å²) in [5.41, 5.74) is 0.526. The molecular weight excluding hydrogens is 404 g/mol. The number of rotatable bonds is 9. The van der Waals surface area contributed by atoms with E-state index in [1.807, 2.05) is 13.8 Å². The lowest BCUT2D eigenvalue weighted by Gasteiger charge is -2.22. The minimum Gasteiger partial charge on any atom is -0.342 e. The molecule has 1 aliphatic rings. The van der Waals surface area contributed by atoms with Gasteiger partial charge in [0, 0.05) is 31.9 Å². The summed E-state index contributed by atoms with van der Waals surface area (Å²) in [6, 6.07) is 6.26. The fraction of sp³-hybridized carbons (Fsp3) is 0.619. The largest absolute Gasteiger partial charge is 0.342 e. The van der Waals surface area contributed by atoms with Gasteiger partial charge in [0.15, 0.2) is 0 Å². The van der Waals surface area contributed by atoms with Gasteiger partial charge in [-0.05, 0) is 58.0 Å². The molecule has 2 rings (SSSR count). The van der Waals surface area contributed by atoms with E-state index in [9.17, 15) is 18.0 Å². The number of sulfonamides is 1. The number of amides is 2. The molecule has 0 saturated carbocycles. The van der Waals surface area contributed by atoms with Crippen molar-refractivity contribution in [3.63, 3.8) is 0 Å². The summed E-state index contributed by atoms with van der Waals surface area (Å²) in [6.45, 7) is 6.47. The summed E-state index contributed by atoms with van der Waals surface area (Å²) in [4.78, 5) is 28.0. The highest BCUT2D eigenvalue weighted by Crippen LogP contribution is 2.21. The second-order valence-electron chi connectivity index (χ2n) is 7.63. The van der Waals surface area contributed by atoms with E-state index in [0.717, 1.165) is 25.7 Å². The zero-order valence-corrected chi connectivity index (χ0v) is 19.1. The molecular formula is C21H34N4O4S. The van der Waals surface area contributed by atoms with Gasteiger partial charge in [-0.2, -0.15) is 4.31 Å². The van der Waals surface area contributed by atoms with E-state index >= 15 is 0 Å². The summed E-state index contributed by atoms with van der Waals surface area (Å²) in [5, 5.41) is 2.76. The number of nitrogens with one attached hydrogen (secondary N) is 1. The van der Waals surface area contributed by atoms with Crippen molar-refractivity contribution in [1.29, 1.82) is 0 Å². The van der Waals surface area contributed by atoms with Crippen molar-refractivity contribution < 1.29 is 18.0 Å². The van der Waals surface area contributed by atoms with Crippen molar-refractivity contribution in [3.8, 4) is 0 Å². The lowest BCUT2D eigenvalue weighted by atomic mass is 10.2. The van der Waals surface area contributed by atoms with Crippen LogP contribution in [0.5, 0.6) is 0 Å². The van der Waals surface area contributed by atoms with Crippen molar-refractivity contribution >= 4 is 27.5 Å². The molecule has 9 heteroatoms. The molecule has 1 fully saturated rings. The van der Waals surface area contributed by atoms with E-state index in [0.29, 0.717) is 31.9 Å². The third kappa shape index (κ3) is 6.78. The Bertz CT molecular complexity index is 799. The van der Waals surface area contributed by atoms with Crippen molar-refractivity contribution in [1.82, 2.24) is 14.1 Å². The predicted octanol–water partition coefficient (Wildman–Crippen LogP) is 1.99. The molecule has 1 aromatic carbocycles. The minimum atomic E-state index is -3.51. The first-order chi connectivity index (χ1) is 14.3. The molecule has 8 nitrogen and oxygen atoms in total. The Kier molecular flexibility index (Phi) is 9.26. The van der Waals surface area contributed by atoms with Crippen molar-refractivity contribution in [2.24, 2.45) is 0 Å². The highest BCUT2D eigenvalue weighted by Gasteiger charge is 2.25. The van der Waals surface area contributed by atoms with Crippen molar-refractivity contribution in [2.45, 2.75) is 44.4 Å². The van der Waals surface area contributed by atoms with Gasteiger partial charge in [-0.15, -0.1) is 0 Å². The third-order valence-electron chi connectivity index (χ3n) is 5.28. The first-order valence-electron chi connectivity index (χ1n) is 10.6. The van der Waals surface area contributed by atoms with Crippen LogP contribution in [0.2, 0.25) is 0 Å². The first-order valence-corrected chi connectivity index (χ1v) is 12.1. The van der Waals surface area contributed by atoms with Gasteiger partial charge in [0.2, 0.25) is 21.8 Å². The van der Waals surface area contributed by atoms with E-state index in [1.165, 1.54) is 12.1 Å². The molecule has 2 amide bonds. The van der Waals surface area contributed by atoms with Crippen LogP contribution in [-0.2, 0) is 19.6 Å². The van der Waals surface area contributed by atoms with Crippen LogP contribution in [-0.4, -0.2) is 80.7 Å². The molecule has 168 valence electrons. The van der Waals surface area contributed by atoms with E-state index in [4.69, 9.17) is 0 Å². The van der Waals surface area contributed by atoms with Crippen LogP contribution in [0.3, 0.4) is 0 Å². The molecule has 0 spiro atoms. The normalized spacial score (nSPS) is 15.6. The summed E-state index contributed by atoms with van der Waals surface area (Å²) in [7, 11) is -1.79. The molecule has 0 atom stereocenters. The molecule has 1 aromatic rings. The van der Waals surface area contributed by atoms with Crippen LogP contribution in [0.25, 0.3) is 0 Å². The van der Waals surface area contributed by atoms with Gasteiger partial charge in [-0.25, -0.2) is 8.42 Å². The van der Waals surface area contributed by atoms with Gasteiger partial charge in [0.1, 0.15) is 0 Å². The van der Waals surface area contributed by atoms with E-state index in [1.54, 1.807) is 33.3 Å². The average Bonchev–Trinajstić information content (AvgIpc) is 2.99. The van der Waals surface area contributed by atoms with Crippen LogP contribution in [0.15, 0.2) is 29.2 Å². The highest BCUT2D eigenvalue weighted by molar-refractivity contribution is 7.89. The molecule has 1 heterocycles. The van der Waals surface area contributed by atoms with Gasteiger partial charge < -0.3 is 10.2 Å². The van der Waals surface area contributed by atoms with Crippen molar-refractivity contribution in [2.75, 3.05) is 51.6 Å². The van der Waals surface area contributed by atoms with Crippen LogP contribution in [0.4, 0.5) is 5.69 Å². The van der Waals surface area contributed by atoms with E-state index in [-0.39, 0.29) is 29.8 Å². The summed E-state index contributed by atoms with van der Waals surface area (Å²) in [6.07, 6.45) is 3.90. The molecule has 0 unspecified atom stereocenters. The van der Waals surface area contributed by atoms with Crippen LogP contribution >= 0.6 is 0 Å². The number of hydrogen-bond acceptors (Lipinski definition) is 5. The van der Waals surface area contributed by atoms with E-state index in [2.05, 4.69) is 5.32 Å². The molecule has 0 aromatic heterocycles. The Labute approximate surface area is 180 Å². The number of carbonyl (C=O) groups excluding carboxylic acids is 2. The summed E-state index contributed by atoms with van der Waals surface area (Å²) < 4.78 is 27.2. The van der Waals surface area contributed by atoms with Gasteiger partial charge in [0.05, 0.1) is 18.0 Å². The quantitative estimate of drug-likeness (QED) is 0.637. The standard InChI is InChI=1S/C21H34N4O4S/c1-4-24(5-2)21(27)17-23(3)16-20(26)22-18-10-12-19(13-11-18)30(28,29)25-14-8-6-7-9-15-25/h10-13H,4-9,14-17H2,1-3H3,(H,22,26). The van der Waals surface area contributed by atoms with Gasteiger partial charge in [-0.3, -0.25) is 14.5 Å².